The molecule has 0 saturated carbocycles. The van der Waals surface area contributed by atoms with Gasteiger partial charge in [-0.2, -0.15) is 4.31 Å². The van der Waals surface area contributed by atoms with Crippen LogP contribution < -0.4 is 0 Å². The van der Waals surface area contributed by atoms with Crippen molar-refractivity contribution in [3.05, 3.63) is 71.0 Å². The summed E-state index contributed by atoms with van der Waals surface area (Å²) in [5.41, 5.74) is 1.80. The van der Waals surface area contributed by atoms with Gasteiger partial charge in [0.15, 0.2) is 5.69 Å². The maximum Gasteiger partial charge on any atom is 0.276 e. The molecule has 1 aromatic heterocycles. The van der Waals surface area contributed by atoms with E-state index in [1.807, 2.05) is 13.0 Å². The molecule has 2 aromatic carbocycles. The molecular weight excluding hydrogens is 426 g/mol. The predicted octanol–water partition coefficient (Wildman–Crippen LogP) is 2.38. The topological polar surface area (TPSA) is 88.4 Å². The number of hydrogen-bond donors (Lipinski definition) is 0. The molecule has 4 rings (SSSR count). The molecular formula is C20H20ClN5O3S. The number of para-hydroxylation sites is 1. The van der Waals surface area contributed by atoms with Gasteiger partial charge in [-0.25, -0.2) is 13.1 Å². The Morgan fingerprint density at radius 2 is 1.67 bits per heavy atom. The van der Waals surface area contributed by atoms with Crippen molar-refractivity contribution < 1.29 is 13.2 Å². The molecule has 10 heteroatoms. The van der Waals surface area contributed by atoms with Crippen LogP contribution in [0.4, 0.5) is 0 Å². The van der Waals surface area contributed by atoms with Crippen molar-refractivity contribution in [3.8, 4) is 5.69 Å². The Balaban J connectivity index is 1.44. The molecule has 0 bridgehead atoms. The van der Waals surface area contributed by atoms with Gasteiger partial charge in [0, 0.05) is 26.2 Å². The van der Waals surface area contributed by atoms with E-state index in [1.165, 1.54) is 15.2 Å². The minimum Gasteiger partial charge on any atom is -0.335 e. The summed E-state index contributed by atoms with van der Waals surface area (Å²) in [6.45, 7) is 2.91. The van der Waals surface area contributed by atoms with Gasteiger partial charge >= 0.3 is 0 Å². The van der Waals surface area contributed by atoms with Gasteiger partial charge in [-0.05, 0) is 31.2 Å². The molecule has 8 nitrogen and oxygen atoms in total. The van der Waals surface area contributed by atoms with E-state index >= 15 is 0 Å². The average Bonchev–Trinajstić information content (AvgIpc) is 3.24. The fraction of sp³-hybridized carbons (Fsp3) is 0.250. The SMILES string of the molecule is Cc1ccc(S(=O)(=O)N2CCN(C(=O)c3cn(-c4ccccc4Cl)nn3)CC2)cc1. The molecule has 1 aliphatic heterocycles. The van der Waals surface area contributed by atoms with Crippen molar-refractivity contribution in [1.82, 2.24) is 24.2 Å². The molecule has 2 heterocycles. The number of carbonyl (C=O) groups is 1. The van der Waals surface area contributed by atoms with E-state index in [0.717, 1.165) is 5.56 Å². The number of rotatable bonds is 4. The second-order valence-electron chi connectivity index (χ2n) is 7.01. The first-order chi connectivity index (χ1) is 14.4. The number of aromatic nitrogens is 3. The number of sulfonamides is 1. The number of carbonyl (C=O) groups excluding carboxylic acids is 1. The highest BCUT2D eigenvalue weighted by atomic mass is 35.5. The Labute approximate surface area is 179 Å². The van der Waals surface area contributed by atoms with Gasteiger partial charge in [-0.15, -0.1) is 5.10 Å². The summed E-state index contributed by atoms with van der Waals surface area (Å²) >= 11 is 6.17. The predicted molar refractivity (Wildman–Crippen MR) is 112 cm³/mol. The van der Waals surface area contributed by atoms with Gasteiger partial charge in [0.25, 0.3) is 5.91 Å². The van der Waals surface area contributed by atoms with Gasteiger partial charge in [-0.3, -0.25) is 4.79 Å². The molecule has 1 fully saturated rings. The minimum absolute atomic E-state index is 0.185. The summed E-state index contributed by atoms with van der Waals surface area (Å²) in [5.74, 6) is -0.291. The van der Waals surface area contributed by atoms with Gasteiger partial charge in [-0.1, -0.05) is 46.6 Å². The summed E-state index contributed by atoms with van der Waals surface area (Å²) in [6.07, 6.45) is 1.53. The van der Waals surface area contributed by atoms with Gasteiger partial charge in [0.05, 0.1) is 21.8 Å². The molecule has 156 valence electrons. The Bertz CT molecular complexity index is 1170. The van der Waals surface area contributed by atoms with E-state index in [2.05, 4.69) is 10.3 Å². The van der Waals surface area contributed by atoms with E-state index in [-0.39, 0.29) is 42.7 Å². The lowest BCUT2D eigenvalue weighted by atomic mass is 10.2. The van der Waals surface area contributed by atoms with Crippen molar-refractivity contribution in [3.63, 3.8) is 0 Å². The van der Waals surface area contributed by atoms with Crippen LogP contribution in [0.1, 0.15) is 16.1 Å². The van der Waals surface area contributed by atoms with Crippen LogP contribution in [-0.2, 0) is 10.0 Å². The second-order valence-corrected chi connectivity index (χ2v) is 9.35. The van der Waals surface area contributed by atoms with E-state index in [0.29, 0.717) is 10.7 Å². The molecule has 1 amide bonds. The van der Waals surface area contributed by atoms with Crippen molar-refractivity contribution in [2.24, 2.45) is 0 Å². The lowest BCUT2D eigenvalue weighted by Gasteiger charge is -2.33. The summed E-state index contributed by atoms with van der Waals surface area (Å²) in [6, 6.07) is 13.9. The van der Waals surface area contributed by atoms with E-state index in [4.69, 9.17) is 11.6 Å². The zero-order chi connectivity index (χ0) is 21.3. The van der Waals surface area contributed by atoms with Gasteiger partial charge in [0.2, 0.25) is 10.0 Å². The zero-order valence-corrected chi connectivity index (χ0v) is 17.8. The third-order valence-electron chi connectivity index (χ3n) is 5.00. The molecule has 0 aliphatic carbocycles. The number of amides is 1. The Hall–Kier alpha value is -2.75. The third-order valence-corrected chi connectivity index (χ3v) is 7.23. The Morgan fingerprint density at radius 3 is 2.33 bits per heavy atom. The fourth-order valence-electron chi connectivity index (χ4n) is 3.27. The van der Waals surface area contributed by atoms with Crippen LogP contribution in [0.2, 0.25) is 5.02 Å². The fourth-order valence-corrected chi connectivity index (χ4v) is 4.91. The van der Waals surface area contributed by atoms with Crippen LogP contribution in [0.5, 0.6) is 0 Å². The number of aryl methyl sites for hydroxylation is 1. The smallest absolute Gasteiger partial charge is 0.276 e. The summed E-state index contributed by atoms with van der Waals surface area (Å²) in [7, 11) is -3.58. The lowest BCUT2D eigenvalue weighted by molar-refractivity contribution is 0.0692. The van der Waals surface area contributed by atoms with Crippen LogP contribution >= 0.6 is 11.6 Å². The quantitative estimate of drug-likeness (QED) is 0.615. The molecule has 1 saturated heterocycles. The first-order valence-corrected chi connectivity index (χ1v) is 11.2. The normalized spacial score (nSPS) is 15.3. The molecule has 1 aliphatic rings. The van der Waals surface area contributed by atoms with Gasteiger partial charge in [0.1, 0.15) is 0 Å². The maximum absolute atomic E-state index is 12.8. The molecule has 0 spiro atoms. The van der Waals surface area contributed by atoms with Crippen molar-refractivity contribution in [1.29, 1.82) is 0 Å². The third kappa shape index (κ3) is 3.96. The maximum atomic E-state index is 12.8. The average molecular weight is 446 g/mol. The standard InChI is InChI=1S/C20H20ClN5O3S/c1-15-6-8-16(9-7-15)30(28,29)25-12-10-24(11-13-25)20(27)18-14-26(23-22-18)19-5-3-2-4-17(19)21/h2-9,14H,10-13H2,1H3. The Morgan fingerprint density at radius 1 is 1.00 bits per heavy atom. The number of nitrogens with zero attached hydrogens (tertiary/aromatic N) is 5. The highest BCUT2D eigenvalue weighted by molar-refractivity contribution is 7.89. The van der Waals surface area contributed by atoms with E-state index in [1.54, 1.807) is 47.4 Å². The molecule has 3 aromatic rings. The van der Waals surface area contributed by atoms with Crippen LogP contribution in [0.3, 0.4) is 0 Å². The van der Waals surface area contributed by atoms with Crippen LogP contribution in [0.25, 0.3) is 5.69 Å². The van der Waals surface area contributed by atoms with Gasteiger partial charge < -0.3 is 4.90 Å². The molecule has 0 unspecified atom stereocenters. The molecule has 0 N–H and O–H groups in total. The largest absolute Gasteiger partial charge is 0.335 e. The number of benzene rings is 2. The highest BCUT2D eigenvalue weighted by Gasteiger charge is 2.31. The highest BCUT2D eigenvalue weighted by Crippen LogP contribution is 2.21. The van der Waals surface area contributed by atoms with Crippen LogP contribution in [0.15, 0.2) is 59.6 Å². The van der Waals surface area contributed by atoms with E-state index in [9.17, 15) is 13.2 Å². The summed E-state index contributed by atoms with van der Waals surface area (Å²) in [5, 5.41) is 8.45. The van der Waals surface area contributed by atoms with Crippen molar-refractivity contribution in [2.75, 3.05) is 26.2 Å². The number of hydrogen-bond acceptors (Lipinski definition) is 5. The van der Waals surface area contributed by atoms with Crippen molar-refractivity contribution in [2.45, 2.75) is 11.8 Å². The Kier molecular flexibility index (Phi) is 5.59. The summed E-state index contributed by atoms with van der Waals surface area (Å²) in [4.78, 5) is 14.6. The molecule has 0 radical (unpaired) electrons. The number of piperazine rings is 1. The summed E-state index contributed by atoms with van der Waals surface area (Å²) < 4.78 is 28.5. The second kappa shape index (κ2) is 8.17. The van der Waals surface area contributed by atoms with Crippen LogP contribution in [0, 0.1) is 6.92 Å². The lowest BCUT2D eigenvalue weighted by Crippen LogP contribution is -2.50. The number of halogens is 1. The molecule has 30 heavy (non-hydrogen) atoms. The molecule has 0 atom stereocenters. The zero-order valence-electron chi connectivity index (χ0n) is 16.3. The minimum atomic E-state index is -3.58. The van der Waals surface area contributed by atoms with Crippen molar-refractivity contribution >= 4 is 27.5 Å². The first-order valence-electron chi connectivity index (χ1n) is 9.39. The van der Waals surface area contributed by atoms with Crippen LogP contribution in [-0.4, -0.2) is 64.7 Å². The first kappa shape index (κ1) is 20.5. The van der Waals surface area contributed by atoms with E-state index < -0.39 is 10.0 Å². The monoisotopic (exact) mass is 445 g/mol.